The van der Waals surface area contributed by atoms with Gasteiger partial charge in [0.1, 0.15) is 8.07 Å². The molecular weight excluding hydrogens is 540 g/mol. The lowest BCUT2D eigenvalue weighted by Crippen LogP contribution is -2.56. The van der Waals surface area contributed by atoms with Gasteiger partial charge in [0.25, 0.3) is 0 Å². The molecule has 0 N–H and O–H groups in total. The minimum absolute atomic E-state index is 0.876. The Morgan fingerprint density at radius 1 is 0.759 bits per heavy atom. The van der Waals surface area contributed by atoms with Gasteiger partial charge in [0, 0.05) is 9.75 Å². The smallest absolute Gasteiger partial charge is 0.122 e. The van der Waals surface area contributed by atoms with Gasteiger partial charge in [0.2, 0.25) is 0 Å². The van der Waals surface area contributed by atoms with E-state index in [9.17, 15) is 0 Å². The Bertz CT molecular complexity index is 729. The second kappa shape index (κ2) is 10.9. The molecule has 0 radical (unpaired) electrons. The Morgan fingerprint density at radius 3 is 1.52 bits per heavy atom. The summed E-state index contributed by atoms with van der Waals surface area (Å²) in [5.41, 5.74) is 0. The number of halogens is 2. The number of hydrogen-bond acceptors (Lipinski definition) is 2. The number of rotatable bonds is 12. The second-order valence-corrected chi connectivity index (χ2v) is 17.8. The summed E-state index contributed by atoms with van der Waals surface area (Å²) in [5.74, 6) is 1.75. The quantitative estimate of drug-likeness (QED) is 0.221. The van der Waals surface area contributed by atoms with Crippen LogP contribution in [0, 0.1) is 11.8 Å². The van der Waals surface area contributed by atoms with Crippen molar-refractivity contribution in [3.8, 4) is 9.75 Å². The fourth-order valence-electron chi connectivity index (χ4n) is 5.31. The highest BCUT2D eigenvalue weighted by Gasteiger charge is 2.49. The molecule has 0 spiro atoms. The number of thiophene rings is 2. The van der Waals surface area contributed by atoms with Crippen LogP contribution in [-0.2, 0) is 0 Å². The van der Waals surface area contributed by atoms with E-state index < -0.39 is 8.07 Å². The van der Waals surface area contributed by atoms with Gasteiger partial charge in [-0.05, 0) is 78.3 Å². The zero-order valence-electron chi connectivity index (χ0n) is 18.5. The summed E-state index contributed by atoms with van der Waals surface area (Å²) in [7, 11) is -1.74. The lowest BCUT2D eigenvalue weighted by molar-refractivity contribution is 0.469. The van der Waals surface area contributed by atoms with Crippen LogP contribution in [0.1, 0.15) is 79.1 Å². The van der Waals surface area contributed by atoms with E-state index in [2.05, 4.69) is 71.7 Å². The molecule has 0 nitrogen and oxygen atoms in total. The van der Waals surface area contributed by atoms with E-state index in [0.29, 0.717) is 0 Å². The molecule has 0 saturated heterocycles. The average Bonchev–Trinajstić information content (AvgIpc) is 3.34. The summed E-state index contributed by atoms with van der Waals surface area (Å²) in [5, 5.41) is 3.54. The Morgan fingerprint density at radius 2 is 1.17 bits per heavy atom. The summed E-state index contributed by atoms with van der Waals surface area (Å²) in [6.07, 6.45) is 10.9. The topological polar surface area (TPSA) is 0 Å². The first-order valence-electron chi connectivity index (χ1n) is 11.6. The van der Waals surface area contributed by atoms with E-state index >= 15 is 0 Å². The van der Waals surface area contributed by atoms with Crippen LogP contribution in [0.25, 0.3) is 9.75 Å². The number of hydrogen-bond donors (Lipinski definition) is 0. The van der Waals surface area contributed by atoms with Crippen LogP contribution < -0.4 is 10.4 Å². The first-order chi connectivity index (χ1) is 14.0. The molecule has 0 bridgehead atoms. The van der Waals surface area contributed by atoms with E-state index in [0.717, 1.165) is 11.8 Å². The maximum Gasteiger partial charge on any atom is 0.122 e. The van der Waals surface area contributed by atoms with Gasteiger partial charge in [-0.25, -0.2) is 0 Å². The molecule has 0 aromatic carbocycles. The second-order valence-electron chi connectivity index (χ2n) is 8.91. The third kappa shape index (κ3) is 5.15. The number of fused-ring (bicyclic) bond motifs is 3. The van der Waals surface area contributed by atoms with Gasteiger partial charge < -0.3 is 0 Å². The molecule has 0 fully saturated rings. The van der Waals surface area contributed by atoms with Crippen molar-refractivity contribution in [1.82, 2.24) is 0 Å². The Kier molecular flexibility index (Phi) is 9.14. The van der Waals surface area contributed by atoms with E-state index in [4.69, 9.17) is 0 Å². The predicted octanol–water partition coefficient (Wildman–Crippen LogP) is 9.31. The molecule has 5 heteroatoms. The molecular formula is C24H36Br2S2Si. The Labute approximate surface area is 204 Å². The largest absolute Gasteiger partial charge is 0.127 e. The van der Waals surface area contributed by atoms with Gasteiger partial charge in [-0.15, -0.1) is 22.7 Å². The molecule has 0 unspecified atom stereocenters. The summed E-state index contributed by atoms with van der Waals surface area (Å²) in [6, 6.07) is 7.98. The van der Waals surface area contributed by atoms with E-state index in [1.54, 1.807) is 20.1 Å². The van der Waals surface area contributed by atoms with Crippen molar-refractivity contribution in [2.24, 2.45) is 11.8 Å². The van der Waals surface area contributed by atoms with Crippen LogP contribution >= 0.6 is 54.5 Å². The maximum atomic E-state index is 3.85. The average molecular weight is 577 g/mol. The highest BCUT2D eigenvalue weighted by Crippen LogP contribution is 2.47. The third-order valence-corrected chi connectivity index (χ3v) is 16.2. The standard InChI is InChI=1S/C24H36Br2S2Si/c1-5-9-11-17(7-3)15-29(16-18(8-4)12-10-6-2)19-13-21(25)27-23(19)24-20(29)14-22(26)28-24/h13-14,17-18H,5-12,15-16H2,1-4H3/t17-,18-/m1/s1. The SMILES string of the molecule is CCCC[C@@H](CC)C[Si]1(C[C@H](CC)CCCC)c2cc(Br)sc2-c2sc(Br)cc21. The fraction of sp³-hybridized carbons (Fsp3) is 0.667. The molecule has 162 valence electrons. The Balaban J connectivity index is 2.06. The van der Waals surface area contributed by atoms with Crippen LogP contribution in [0.3, 0.4) is 0 Å². The molecule has 0 saturated carbocycles. The van der Waals surface area contributed by atoms with Crippen molar-refractivity contribution in [1.29, 1.82) is 0 Å². The summed E-state index contributed by atoms with van der Waals surface area (Å²) in [4.78, 5) is 3.20. The van der Waals surface area contributed by atoms with Gasteiger partial charge >= 0.3 is 0 Å². The minimum atomic E-state index is -1.74. The summed E-state index contributed by atoms with van der Waals surface area (Å²) >= 11 is 11.7. The zero-order chi connectivity index (χ0) is 21.0. The van der Waals surface area contributed by atoms with E-state index in [1.165, 1.54) is 71.0 Å². The molecule has 3 rings (SSSR count). The van der Waals surface area contributed by atoms with Gasteiger partial charge in [-0.1, -0.05) is 79.1 Å². The lowest BCUT2D eigenvalue weighted by Gasteiger charge is -2.35. The van der Waals surface area contributed by atoms with Crippen LogP contribution in [0.5, 0.6) is 0 Å². The molecule has 2 aromatic rings. The van der Waals surface area contributed by atoms with Crippen molar-refractivity contribution >= 4 is 73.0 Å². The van der Waals surface area contributed by atoms with Crippen molar-refractivity contribution in [2.45, 2.75) is 91.1 Å². The van der Waals surface area contributed by atoms with Gasteiger partial charge in [0.15, 0.2) is 0 Å². The van der Waals surface area contributed by atoms with Crippen LogP contribution in [0.15, 0.2) is 19.7 Å². The first kappa shape index (κ1) is 24.2. The molecule has 2 aromatic heterocycles. The zero-order valence-corrected chi connectivity index (χ0v) is 24.3. The minimum Gasteiger partial charge on any atom is -0.127 e. The van der Waals surface area contributed by atoms with Crippen molar-refractivity contribution in [3.05, 3.63) is 19.7 Å². The van der Waals surface area contributed by atoms with Crippen molar-refractivity contribution in [2.75, 3.05) is 0 Å². The molecule has 1 aliphatic heterocycles. The van der Waals surface area contributed by atoms with Gasteiger partial charge in [-0.3, -0.25) is 0 Å². The normalized spacial score (nSPS) is 16.6. The Hall–Kier alpha value is 0.577. The highest BCUT2D eigenvalue weighted by molar-refractivity contribution is 9.11. The van der Waals surface area contributed by atoms with E-state index in [1.807, 2.05) is 22.7 Å². The van der Waals surface area contributed by atoms with Gasteiger partial charge in [-0.2, -0.15) is 0 Å². The van der Waals surface area contributed by atoms with Crippen LogP contribution in [-0.4, -0.2) is 8.07 Å². The molecule has 2 atom stereocenters. The van der Waals surface area contributed by atoms with Crippen LogP contribution in [0.4, 0.5) is 0 Å². The van der Waals surface area contributed by atoms with Crippen LogP contribution in [0.2, 0.25) is 12.1 Å². The first-order valence-corrected chi connectivity index (χ1v) is 17.2. The molecule has 1 aliphatic rings. The molecule has 0 aliphatic carbocycles. The number of unbranched alkanes of at least 4 members (excludes halogenated alkanes) is 2. The van der Waals surface area contributed by atoms with Crippen molar-refractivity contribution in [3.63, 3.8) is 0 Å². The molecule has 3 heterocycles. The summed E-state index contributed by atoms with van der Waals surface area (Å²) < 4.78 is 2.66. The van der Waals surface area contributed by atoms with Gasteiger partial charge in [0.05, 0.1) is 7.57 Å². The monoisotopic (exact) mass is 574 g/mol. The predicted molar refractivity (Wildman–Crippen MR) is 144 cm³/mol. The van der Waals surface area contributed by atoms with Crippen molar-refractivity contribution < 1.29 is 0 Å². The summed E-state index contributed by atoms with van der Waals surface area (Å²) in [6.45, 7) is 9.55. The molecule has 0 amide bonds. The fourth-order valence-corrected chi connectivity index (χ4v) is 17.0. The van der Waals surface area contributed by atoms with E-state index in [-0.39, 0.29) is 0 Å². The third-order valence-electron chi connectivity index (χ3n) is 7.00. The maximum absolute atomic E-state index is 3.85. The lowest BCUT2D eigenvalue weighted by atomic mass is 10.0. The molecule has 29 heavy (non-hydrogen) atoms. The highest BCUT2D eigenvalue weighted by atomic mass is 79.9.